The molecule has 0 bridgehead atoms. The summed E-state index contributed by atoms with van der Waals surface area (Å²) in [6, 6.07) is 5.34. The van der Waals surface area contributed by atoms with Crippen molar-refractivity contribution in [3.05, 3.63) is 29.3 Å². The lowest BCUT2D eigenvalue weighted by Gasteiger charge is -2.11. The summed E-state index contributed by atoms with van der Waals surface area (Å²) in [6.07, 6.45) is 1.09. The van der Waals surface area contributed by atoms with E-state index in [9.17, 15) is 4.79 Å². The molecular weight excluding hydrogens is 234 g/mol. The lowest BCUT2D eigenvalue weighted by atomic mass is 10.1. The van der Waals surface area contributed by atoms with Gasteiger partial charge in [-0.2, -0.15) is 11.8 Å². The van der Waals surface area contributed by atoms with Crippen molar-refractivity contribution in [1.82, 2.24) is 0 Å². The molecule has 94 valence electrons. The second-order valence-corrected chi connectivity index (χ2v) is 5.15. The lowest BCUT2D eigenvalue weighted by molar-refractivity contribution is 0.0696. The van der Waals surface area contributed by atoms with Crippen LogP contribution in [0, 0.1) is 6.92 Å². The third kappa shape index (κ3) is 4.30. The average molecular weight is 253 g/mol. The lowest BCUT2D eigenvalue weighted by Crippen LogP contribution is -2.07. The fourth-order valence-electron chi connectivity index (χ4n) is 1.60. The molecule has 0 atom stereocenters. The van der Waals surface area contributed by atoms with Crippen LogP contribution >= 0.6 is 11.8 Å². The van der Waals surface area contributed by atoms with Crippen LogP contribution in [0.1, 0.15) is 29.3 Å². The van der Waals surface area contributed by atoms with Gasteiger partial charge >= 0.3 is 5.97 Å². The topological polar surface area (TPSA) is 49.3 Å². The zero-order valence-electron chi connectivity index (χ0n) is 10.3. The normalized spacial score (nSPS) is 10.2. The molecule has 0 fully saturated rings. The van der Waals surface area contributed by atoms with Crippen LogP contribution in [0.4, 0.5) is 5.69 Å². The molecule has 0 aliphatic heterocycles. The SMILES string of the molecule is CCSCCCNc1cccc(C(=O)O)c1C. The molecule has 0 heterocycles. The number of carboxylic acids is 1. The first-order chi connectivity index (χ1) is 8.16. The molecule has 3 nitrogen and oxygen atoms in total. The van der Waals surface area contributed by atoms with E-state index < -0.39 is 5.97 Å². The van der Waals surface area contributed by atoms with Crippen molar-refractivity contribution in [2.75, 3.05) is 23.4 Å². The highest BCUT2D eigenvalue weighted by molar-refractivity contribution is 7.99. The van der Waals surface area contributed by atoms with E-state index in [1.54, 1.807) is 12.1 Å². The molecule has 0 saturated carbocycles. The number of carboxylic acid groups (broad SMARTS) is 1. The molecule has 0 unspecified atom stereocenters. The number of anilines is 1. The van der Waals surface area contributed by atoms with Gasteiger partial charge in [-0.05, 0) is 42.5 Å². The standard InChI is InChI=1S/C13H19NO2S/c1-3-17-9-5-8-14-12-7-4-6-11(10(12)2)13(15)16/h4,6-7,14H,3,5,8-9H2,1-2H3,(H,15,16). The third-order valence-corrected chi connectivity index (χ3v) is 3.53. The highest BCUT2D eigenvalue weighted by Gasteiger charge is 2.09. The highest BCUT2D eigenvalue weighted by atomic mass is 32.2. The second-order valence-electron chi connectivity index (χ2n) is 3.76. The number of hydrogen-bond acceptors (Lipinski definition) is 3. The highest BCUT2D eigenvalue weighted by Crippen LogP contribution is 2.18. The number of hydrogen-bond donors (Lipinski definition) is 2. The molecule has 1 rings (SSSR count). The monoisotopic (exact) mass is 253 g/mol. The summed E-state index contributed by atoms with van der Waals surface area (Å²) in [5, 5.41) is 12.3. The Kier molecular flexibility index (Phi) is 5.91. The maximum Gasteiger partial charge on any atom is 0.336 e. The Hall–Kier alpha value is -1.16. The third-order valence-electron chi connectivity index (χ3n) is 2.55. The van der Waals surface area contributed by atoms with Crippen LogP contribution < -0.4 is 5.32 Å². The van der Waals surface area contributed by atoms with Crippen LogP contribution in [0.3, 0.4) is 0 Å². The van der Waals surface area contributed by atoms with Gasteiger partial charge in [0.2, 0.25) is 0 Å². The Morgan fingerprint density at radius 1 is 1.47 bits per heavy atom. The van der Waals surface area contributed by atoms with Crippen molar-refractivity contribution in [3.8, 4) is 0 Å². The first kappa shape index (κ1) is 13.9. The van der Waals surface area contributed by atoms with Gasteiger partial charge in [0.15, 0.2) is 0 Å². The van der Waals surface area contributed by atoms with E-state index in [-0.39, 0.29) is 0 Å². The van der Waals surface area contributed by atoms with Gasteiger partial charge in [0, 0.05) is 12.2 Å². The molecule has 1 aromatic carbocycles. The molecule has 0 radical (unpaired) electrons. The molecule has 17 heavy (non-hydrogen) atoms. The minimum absolute atomic E-state index is 0.373. The van der Waals surface area contributed by atoms with Crippen LogP contribution in [-0.2, 0) is 0 Å². The number of aromatic carboxylic acids is 1. The van der Waals surface area contributed by atoms with Crippen molar-refractivity contribution in [1.29, 1.82) is 0 Å². The summed E-state index contributed by atoms with van der Waals surface area (Å²) in [7, 11) is 0. The molecule has 0 amide bonds. The predicted octanol–water partition coefficient (Wildman–Crippen LogP) is 3.25. The average Bonchev–Trinajstić information content (AvgIpc) is 2.30. The quantitative estimate of drug-likeness (QED) is 0.732. The molecule has 2 N–H and O–H groups in total. The molecule has 1 aromatic rings. The first-order valence-electron chi connectivity index (χ1n) is 5.81. The Morgan fingerprint density at radius 2 is 2.24 bits per heavy atom. The van der Waals surface area contributed by atoms with Crippen molar-refractivity contribution in [2.24, 2.45) is 0 Å². The summed E-state index contributed by atoms with van der Waals surface area (Å²) >= 11 is 1.92. The van der Waals surface area contributed by atoms with Crippen molar-refractivity contribution < 1.29 is 9.90 Å². The van der Waals surface area contributed by atoms with E-state index in [4.69, 9.17) is 5.11 Å². The van der Waals surface area contributed by atoms with E-state index in [0.717, 1.165) is 35.7 Å². The summed E-state index contributed by atoms with van der Waals surface area (Å²) in [6.45, 7) is 4.88. The summed E-state index contributed by atoms with van der Waals surface area (Å²) in [5.74, 6) is 1.42. The van der Waals surface area contributed by atoms with E-state index in [0.29, 0.717) is 5.56 Å². The molecule has 0 aromatic heterocycles. The van der Waals surface area contributed by atoms with Gasteiger partial charge in [0.05, 0.1) is 5.56 Å². The van der Waals surface area contributed by atoms with Crippen molar-refractivity contribution in [3.63, 3.8) is 0 Å². The first-order valence-corrected chi connectivity index (χ1v) is 6.96. The van der Waals surface area contributed by atoms with Crippen LogP contribution in [0.25, 0.3) is 0 Å². The Labute approximate surface area is 107 Å². The minimum Gasteiger partial charge on any atom is -0.478 e. The van der Waals surface area contributed by atoms with Crippen LogP contribution in [-0.4, -0.2) is 29.1 Å². The maximum atomic E-state index is 11.0. The number of rotatable bonds is 7. The predicted molar refractivity (Wildman–Crippen MR) is 74.2 cm³/mol. The van der Waals surface area contributed by atoms with E-state index in [1.165, 1.54) is 0 Å². The second kappa shape index (κ2) is 7.22. The van der Waals surface area contributed by atoms with Crippen LogP contribution in [0.5, 0.6) is 0 Å². The number of nitrogens with one attached hydrogen (secondary N) is 1. The zero-order valence-corrected chi connectivity index (χ0v) is 11.1. The number of benzene rings is 1. The maximum absolute atomic E-state index is 11.0. The molecule has 0 spiro atoms. The Balaban J connectivity index is 2.54. The van der Waals surface area contributed by atoms with Gasteiger partial charge in [0.1, 0.15) is 0 Å². The largest absolute Gasteiger partial charge is 0.478 e. The smallest absolute Gasteiger partial charge is 0.336 e. The minimum atomic E-state index is -0.868. The summed E-state index contributed by atoms with van der Waals surface area (Å²) in [5.41, 5.74) is 2.10. The van der Waals surface area contributed by atoms with Gasteiger partial charge in [-0.15, -0.1) is 0 Å². The molecule has 0 aliphatic rings. The fraction of sp³-hybridized carbons (Fsp3) is 0.462. The van der Waals surface area contributed by atoms with Gasteiger partial charge < -0.3 is 10.4 Å². The molecule has 4 heteroatoms. The van der Waals surface area contributed by atoms with Crippen molar-refractivity contribution in [2.45, 2.75) is 20.3 Å². The molecular formula is C13H19NO2S. The van der Waals surface area contributed by atoms with Crippen LogP contribution in [0.15, 0.2) is 18.2 Å². The summed E-state index contributed by atoms with van der Waals surface area (Å²) < 4.78 is 0. The van der Waals surface area contributed by atoms with Crippen LogP contribution in [0.2, 0.25) is 0 Å². The molecule has 0 aliphatic carbocycles. The van der Waals surface area contributed by atoms with Gasteiger partial charge in [-0.1, -0.05) is 13.0 Å². The van der Waals surface area contributed by atoms with E-state index in [1.807, 2.05) is 24.8 Å². The van der Waals surface area contributed by atoms with Gasteiger partial charge in [0.25, 0.3) is 0 Å². The van der Waals surface area contributed by atoms with Gasteiger partial charge in [-0.3, -0.25) is 0 Å². The fourth-order valence-corrected chi connectivity index (χ4v) is 2.24. The number of carbonyl (C=O) groups is 1. The van der Waals surface area contributed by atoms with Gasteiger partial charge in [-0.25, -0.2) is 4.79 Å². The molecule has 0 saturated heterocycles. The van der Waals surface area contributed by atoms with E-state index in [2.05, 4.69) is 12.2 Å². The van der Waals surface area contributed by atoms with E-state index >= 15 is 0 Å². The number of thioether (sulfide) groups is 1. The Morgan fingerprint density at radius 3 is 2.88 bits per heavy atom. The van der Waals surface area contributed by atoms with Crippen molar-refractivity contribution >= 4 is 23.4 Å². The Bertz CT molecular complexity index is 380. The summed E-state index contributed by atoms with van der Waals surface area (Å²) in [4.78, 5) is 11.0. The zero-order chi connectivity index (χ0) is 12.7.